The number of rotatable bonds is 0. The second-order valence-electron chi connectivity index (χ2n) is 9.59. The third kappa shape index (κ3) is 9.41. The molecule has 0 aliphatic carbocycles. The molecule has 2 amide bonds. The lowest BCUT2D eigenvalue weighted by atomic mass is 10.0. The molecule has 0 spiro atoms. The molecule has 1 aliphatic rings. The van der Waals surface area contributed by atoms with Gasteiger partial charge in [0.1, 0.15) is 11.5 Å². The number of benzene rings is 4. The summed E-state index contributed by atoms with van der Waals surface area (Å²) >= 11 is 0. The zero-order chi connectivity index (χ0) is 36.6. The number of para-hydroxylation sites is 4. The van der Waals surface area contributed by atoms with Crippen LogP contribution in [0.4, 0.5) is 11.4 Å². The number of esters is 2. The highest BCUT2D eigenvalue weighted by atomic mass is 16.5. The fraction of sp³-hybridized carbons (Fsp3) is 0.300. The van der Waals surface area contributed by atoms with Crippen LogP contribution in [0.3, 0.4) is 0 Å². The molecule has 8 nitrogen and oxygen atoms in total. The number of hydrogen-bond donors (Lipinski definition) is 2. The van der Waals surface area contributed by atoms with Crippen molar-refractivity contribution in [3.63, 3.8) is 0 Å². The molecule has 4 aromatic rings. The molecule has 0 saturated heterocycles. The van der Waals surface area contributed by atoms with Gasteiger partial charge in [0, 0.05) is 0 Å². The van der Waals surface area contributed by atoms with Crippen LogP contribution >= 0.6 is 0 Å². The van der Waals surface area contributed by atoms with Crippen LogP contribution in [-0.2, 0) is 0 Å². The zero-order valence-corrected chi connectivity index (χ0v) is 30.4. The van der Waals surface area contributed by atoms with Gasteiger partial charge in [0.05, 0.1) is 33.6 Å². The first-order chi connectivity index (χ1) is 23.2. The first kappa shape index (κ1) is 40.8. The molecule has 8 heteroatoms. The Balaban J connectivity index is 0.00000134. The maximum absolute atomic E-state index is 13.6. The predicted octanol–water partition coefficient (Wildman–Crippen LogP) is 10.3. The third-order valence-electron chi connectivity index (χ3n) is 6.77. The van der Waals surface area contributed by atoms with Gasteiger partial charge in [-0.2, -0.15) is 0 Å². The lowest BCUT2D eigenvalue weighted by molar-refractivity contribution is 0.0723. The molecule has 0 fully saturated rings. The van der Waals surface area contributed by atoms with Gasteiger partial charge in [-0.25, -0.2) is 9.59 Å². The Kier molecular flexibility index (Phi) is 17.1. The average molecular weight is 655 g/mol. The molecule has 0 unspecified atom stereocenters. The summed E-state index contributed by atoms with van der Waals surface area (Å²) in [6.07, 6.45) is 0. The summed E-state index contributed by atoms with van der Waals surface area (Å²) in [6.45, 7) is 22.9. The predicted molar refractivity (Wildman–Crippen MR) is 196 cm³/mol. The highest BCUT2D eigenvalue weighted by molar-refractivity contribution is 6.13. The van der Waals surface area contributed by atoms with E-state index in [9.17, 15) is 19.2 Å². The van der Waals surface area contributed by atoms with E-state index in [0.717, 1.165) is 0 Å². The quantitative estimate of drug-likeness (QED) is 0.144. The van der Waals surface area contributed by atoms with Crippen molar-refractivity contribution in [1.82, 2.24) is 0 Å². The number of anilines is 2. The van der Waals surface area contributed by atoms with Gasteiger partial charge in [0.25, 0.3) is 11.8 Å². The molecule has 0 saturated carbocycles. The Bertz CT molecular complexity index is 1470. The third-order valence-corrected chi connectivity index (χ3v) is 6.77. The van der Waals surface area contributed by atoms with Gasteiger partial charge < -0.3 is 20.1 Å². The van der Waals surface area contributed by atoms with Gasteiger partial charge in [-0.05, 0) is 74.2 Å². The number of carbonyl (C=O) groups excluding carboxylic acids is 4. The molecule has 0 aromatic heterocycles. The van der Waals surface area contributed by atoms with Crippen molar-refractivity contribution in [2.45, 2.75) is 83.1 Å². The maximum atomic E-state index is 13.6. The molecular weight excluding hydrogens is 604 g/mol. The summed E-state index contributed by atoms with van der Waals surface area (Å²) in [4.78, 5) is 54.1. The molecule has 0 bridgehead atoms. The lowest BCUT2D eigenvalue weighted by Crippen LogP contribution is -2.23. The van der Waals surface area contributed by atoms with E-state index < -0.39 is 23.8 Å². The minimum Gasteiger partial charge on any atom is -0.422 e. The van der Waals surface area contributed by atoms with E-state index in [1.807, 2.05) is 55.4 Å². The van der Waals surface area contributed by atoms with Crippen LogP contribution in [-0.4, -0.2) is 23.8 Å². The van der Waals surface area contributed by atoms with Crippen molar-refractivity contribution in [3.05, 3.63) is 117 Å². The Morgan fingerprint density at radius 3 is 0.979 bits per heavy atom. The van der Waals surface area contributed by atoms with E-state index in [2.05, 4.69) is 10.6 Å². The minimum absolute atomic E-state index is 0.0644. The maximum Gasteiger partial charge on any atom is 0.345 e. The van der Waals surface area contributed by atoms with Gasteiger partial charge in [-0.3, -0.25) is 9.59 Å². The van der Waals surface area contributed by atoms with E-state index in [-0.39, 0.29) is 45.1 Å². The topological polar surface area (TPSA) is 111 Å². The summed E-state index contributed by atoms with van der Waals surface area (Å²) in [6, 6.07) is 19.7. The van der Waals surface area contributed by atoms with E-state index in [0.29, 0.717) is 22.3 Å². The van der Waals surface area contributed by atoms with Crippen molar-refractivity contribution >= 4 is 35.1 Å². The van der Waals surface area contributed by atoms with Gasteiger partial charge in [-0.1, -0.05) is 104 Å². The smallest absolute Gasteiger partial charge is 0.345 e. The van der Waals surface area contributed by atoms with Crippen molar-refractivity contribution < 1.29 is 28.7 Å². The van der Waals surface area contributed by atoms with E-state index in [4.69, 9.17) is 9.47 Å². The number of carbonyl (C=O) groups is 4. The second kappa shape index (κ2) is 20.1. The Morgan fingerprint density at radius 2 is 0.667 bits per heavy atom. The second-order valence-corrected chi connectivity index (χ2v) is 9.59. The van der Waals surface area contributed by atoms with Crippen molar-refractivity contribution in [1.29, 1.82) is 0 Å². The summed E-state index contributed by atoms with van der Waals surface area (Å²) in [5.41, 5.74) is 3.20. The summed E-state index contributed by atoms with van der Waals surface area (Å²) < 4.78 is 11.6. The summed E-state index contributed by atoms with van der Waals surface area (Å²) in [7, 11) is 0. The normalized spacial score (nSPS) is 11.8. The first-order valence-electron chi connectivity index (χ1n) is 16.6. The van der Waals surface area contributed by atoms with Crippen LogP contribution in [0.15, 0.2) is 72.8 Å². The lowest BCUT2D eigenvalue weighted by Gasteiger charge is -2.19. The summed E-state index contributed by atoms with van der Waals surface area (Å²) in [5.74, 6) is -2.51. The van der Waals surface area contributed by atoms with Crippen molar-refractivity contribution in [2.75, 3.05) is 10.6 Å². The molecule has 4 aromatic carbocycles. The standard InChI is InChI=1S/C32H26N2O6.4C2H6/c1-17-9-5-13-21-25(17)33-29(35)23-15-7-11-19(3)27(23)40-32(38)22-14-6-10-18(2)26(22)34-30(36)24-16-8-12-20(4)28(24)39-31(21)37;4*1-2/h5-16H,1-4H3,(H,33,35)(H,34,36);4*1-2H3. The fourth-order valence-corrected chi connectivity index (χ4v) is 4.60. The molecule has 1 heterocycles. The minimum atomic E-state index is -0.748. The average Bonchev–Trinajstić information content (AvgIpc) is 3.11. The largest absolute Gasteiger partial charge is 0.422 e. The van der Waals surface area contributed by atoms with Crippen LogP contribution in [0.25, 0.3) is 0 Å². The Hall–Kier alpha value is -5.24. The first-order valence-corrected chi connectivity index (χ1v) is 16.6. The highest BCUT2D eigenvalue weighted by Gasteiger charge is 2.27. The fourth-order valence-electron chi connectivity index (χ4n) is 4.60. The summed E-state index contributed by atoms with van der Waals surface area (Å²) in [5, 5.41) is 5.61. The molecular formula is C40H50N2O6. The van der Waals surface area contributed by atoms with Crippen molar-refractivity contribution in [2.24, 2.45) is 0 Å². The highest BCUT2D eigenvalue weighted by Crippen LogP contribution is 2.32. The van der Waals surface area contributed by atoms with Gasteiger partial charge in [0.2, 0.25) is 0 Å². The Morgan fingerprint density at radius 1 is 0.396 bits per heavy atom. The van der Waals surface area contributed by atoms with Crippen LogP contribution < -0.4 is 20.1 Å². The molecule has 48 heavy (non-hydrogen) atoms. The van der Waals surface area contributed by atoms with Gasteiger partial charge in [-0.15, -0.1) is 0 Å². The van der Waals surface area contributed by atoms with Crippen LogP contribution in [0.2, 0.25) is 0 Å². The Labute approximate surface area is 285 Å². The number of fused-ring (bicyclic) bond motifs is 4. The molecule has 1 aliphatic heterocycles. The van der Waals surface area contributed by atoms with Crippen LogP contribution in [0, 0.1) is 27.7 Å². The molecule has 5 rings (SSSR count). The number of amides is 2. The number of aryl methyl sites for hydroxylation is 4. The van der Waals surface area contributed by atoms with E-state index in [1.165, 1.54) is 24.3 Å². The van der Waals surface area contributed by atoms with E-state index >= 15 is 0 Å². The van der Waals surface area contributed by atoms with Gasteiger partial charge in [0.15, 0.2) is 0 Å². The van der Waals surface area contributed by atoms with Crippen LogP contribution in [0.1, 0.15) is 119 Å². The van der Waals surface area contributed by atoms with E-state index in [1.54, 1.807) is 76.2 Å². The number of hydrogen-bond acceptors (Lipinski definition) is 6. The van der Waals surface area contributed by atoms with Gasteiger partial charge >= 0.3 is 11.9 Å². The van der Waals surface area contributed by atoms with Crippen molar-refractivity contribution in [3.8, 4) is 11.5 Å². The van der Waals surface area contributed by atoms with Crippen LogP contribution in [0.5, 0.6) is 11.5 Å². The monoisotopic (exact) mass is 654 g/mol. The molecule has 0 atom stereocenters. The molecule has 256 valence electrons. The number of ether oxygens (including phenoxy) is 2. The number of nitrogens with one attached hydrogen (secondary N) is 2. The zero-order valence-electron chi connectivity index (χ0n) is 30.4. The molecule has 0 radical (unpaired) electrons. The SMILES string of the molecule is CC.CC.CC.CC.Cc1cccc2c1NC(=O)c1cccc(C)c1OC(=O)c1cccc(C)c1NC(=O)c1cccc(C)c1OC2=O. The molecule has 2 N–H and O–H groups in total.